The fraction of sp³-hybridized carbons (Fsp3) is 0.769. The van der Waals surface area contributed by atoms with Crippen LogP contribution in [0.2, 0.25) is 0 Å². The van der Waals surface area contributed by atoms with Crippen molar-refractivity contribution in [1.29, 1.82) is 0 Å². The molecule has 3 heterocycles. The molecule has 12 nitrogen and oxygen atoms in total. The Morgan fingerprint density at radius 3 is 2.53 bits per heavy atom. The molecule has 1 aliphatic carbocycles. The van der Waals surface area contributed by atoms with Crippen LogP contribution in [0.15, 0.2) is 23.5 Å². The van der Waals surface area contributed by atoms with Crippen LogP contribution in [0, 0.1) is 23.7 Å². The van der Waals surface area contributed by atoms with Gasteiger partial charge in [-0.2, -0.15) is 0 Å². The van der Waals surface area contributed by atoms with Crippen molar-refractivity contribution in [1.82, 2.24) is 0 Å². The fourth-order valence-electron chi connectivity index (χ4n) is 5.90. The second kappa shape index (κ2) is 11.6. The van der Waals surface area contributed by atoms with Gasteiger partial charge in [-0.3, -0.25) is 4.79 Å². The first kappa shape index (κ1) is 28.9. The van der Waals surface area contributed by atoms with Crippen LogP contribution in [0.1, 0.15) is 40.0 Å². The van der Waals surface area contributed by atoms with E-state index < -0.39 is 73.0 Å². The lowest BCUT2D eigenvalue weighted by molar-refractivity contribution is -0.327. The van der Waals surface area contributed by atoms with E-state index in [2.05, 4.69) is 0 Å². The van der Waals surface area contributed by atoms with Crippen molar-refractivity contribution in [2.75, 3.05) is 19.8 Å². The highest BCUT2D eigenvalue weighted by molar-refractivity contribution is 5.91. The Morgan fingerprint density at radius 1 is 1.11 bits per heavy atom. The van der Waals surface area contributed by atoms with Crippen molar-refractivity contribution in [3.05, 3.63) is 23.5 Å². The summed E-state index contributed by atoms with van der Waals surface area (Å²) in [4.78, 5) is 26.1. The van der Waals surface area contributed by atoms with Crippen molar-refractivity contribution in [2.24, 2.45) is 23.7 Å². The van der Waals surface area contributed by atoms with E-state index in [0.29, 0.717) is 12.0 Å². The minimum Gasteiger partial charge on any atom is -0.468 e. The molecule has 11 atom stereocenters. The summed E-state index contributed by atoms with van der Waals surface area (Å²) in [6, 6.07) is 0. The predicted molar refractivity (Wildman–Crippen MR) is 128 cm³/mol. The lowest BCUT2D eigenvalue weighted by Gasteiger charge is -2.42. The third-order valence-electron chi connectivity index (χ3n) is 8.49. The summed E-state index contributed by atoms with van der Waals surface area (Å²) in [7, 11) is 0. The maximum Gasteiger partial charge on any atom is 0.337 e. The average molecular weight is 543 g/mol. The van der Waals surface area contributed by atoms with E-state index >= 15 is 0 Å². The summed E-state index contributed by atoms with van der Waals surface area (Å²) >= 11 is 0. The summed E-state index contributed by atoms with van der Waals surface area (Å²) in [5.41, 5.74) is -0.724. The molecule has 5 N–H and O–H groups in total. The number of aliphatic hydroxyl groups is 5. The maximum absolute atomic E-state index is 13.1. The molecule has 4 aliphatic rings. The highest BCUT2D eigenvalue weighted by Crippen LogP contribution is 2.45. The number of ether oxygens (including phenoxy) is 5. The quantitative estimate of drug-likeness (QED) is 0.228. The van der Waals surface area contributed by atoms with Crippen LogP contribution in [0.25, 0.3) is 0 Å². The third-order valence-corrected chi connectivity index (χ3v) is 8.49. The van der Waals surface area contributed by atoms with Crippen LogP contribution in [-0.4, -0.2) is 99.9 Å². The maximum atomic E-state index is 13.1. The fourth-order valence-corrected chi connectivity index (χ4v) is 5.90. The number of fused-ring (bicyclic) bond motifs is 2. The topological polar surface area (TPSA) is 181 Å². The Labute approximate surface area is 220 Å². The van der Waals surface area contributed by atoms with Gasteiger partial charge in [0.25, 0.3) is 0 Å². The van der Waals surface area contributed by atoms with Gasteiger partial charge in [-0.25, -0.2) is 4.79 Å². The number of esters is 2. The van der Waals surface area contributed by atoms with Gasteiger partial charge in [-0.05, 0) is 25.7 Å². The van der Waals surface area contributed by atoms with Crippen molar-refractivity contribution in [2.45, 2.75) is 82.6 Å². The molecule has 4 rings (SSSR count). The van der Waals surface area contributed by atoms with Gasteiger partial charge in [-0.1, -0.05) is 19.9 Å². The molecule has 0 spiro atoms. The van der Waals surface area contributed by atoms with E-state index in [0.717, 1.165) is 12.7 Å². The molecule has 0 bridgehead atoms. The normalized spacial score (nSPS) is 45.5. The minimum absolute atomic E-state index is 0.0347. The van der Waals surface area contributed by atoms with E-state index in [-0.39, 0.29) is 37.0 Å². The van der Waals surface area contributed by atoms with Crippen molar-refractivity contribution >= 4 is 11.9 Å². The molecule has 11 unspecified atom stereocenters. The SMILES string of the molecule is C/C=C1\C(OC2OC(CO)C(O)C(O)C2O)OC=C2C(=O)OCC(C)C3(O)CCC(C)C3COC(=O)CC21. The molecule has 3 fully saturated rings. The van der Waals surface area contributed by atoms with E-state index in [1.807, 2.05) is 6.92 Å². The molecule has 0 aromatic heterocycles. The highest BCUT2D eigenvalue weighted by atomic mass is 16.8. The summed E-state index contributed by atoms with van der Waals surface area (Å²) in [5.74, 6) is -2.73. The number of rotatable bonds is 3. The van der Waals surface area contributed by atoms with Crippen LogP contribution in [0.3, 0.4) is 0 Å². The molecule has 2 saturated heterocycles. The number of carbonyl (C=O) groups is 2. The average Bonchev–Trinajstić information content (AvgIpc) is 3.19. The van der Waals surface area contributed by atoms with Crippen LogP contribution in [0.5, 0.6) is 0 Å². The molecular formula is C26H38O12. The van der Waals surface area contributed by atoms with Crippen LogP contribution in [-0.2, 0) is 33.3 Å². The Bertz CT molecular complexity index is 947. The molecule has 1 saturated carbocycles. The smallest absolute Gasteiger partial charge is 0.337 e. The van der Waals surface area contributed by atoms with Crippen LogP contribution < -0.4 is 0 Å². The second-order valence-corrected chi connectivity index (χ2v) is 10.7. The van der Waals surface area contributed by atoms with Gasteiger partial charge in [0.2, 0.25) is 6.29 Å². The lowest BCUT2D eigenvalue weighted by Crippen LogP contribution is -2.60. The summed E-state index contributed by atoms with van der Waals surface area (Å²) in [6.07, 6.45) is -5.04. The third kappa shape index (κ3) is 5.35. The molecule has 0 aromatic rings. The molecule has 0 aromatic carbocycles. The van der Waals surface area contributed by atoms with Crippen molar-refractivity contribution in [3.8, 4) is 0 Å². The minimum atomic E-state index is -1.67. The molecule has 0 radical (unpaired) electrons. The van der Waals surface area contributed by atoms with Gasteiger partial charge in [0.05, 0.1) is 43.7 Å². The van der Waals surface area contributed by atoms with E-state index in [1.54, 1.807) is 19.9 Å². The van der Waals surface area contributed by atoms with Gasteiger partial charge in [0.1, 0.15) is 24.4 Å². The molecule has 0 amide bonds. The van der Waals surface area contributed by atoms with E-state index in [9.17, 15) is 35.1 Å². The van der Waals surface area contributed by atoms with E-state index in [1.165, 1.54) is 0 Å². The molecular weight excluding hydrogens is 504 g/mol. The molecule has 38 heavy (non-hydrogen) atoms. The highest BCUT2D eigenvalue weighted by Gasteiger charge is 2.51. The number of aliphatic hydroxyl groups excluding tert-OH is 4. The number of carbonyl (C=O) groups excluding carboxylic acids is 2. The summed E-state index contributed by atoms with van der Waals surface area (Å²) in [6.45, 7) is 4.82. The van der Waals surface area contributed by atoms with Gasteiger partial charge >= 0.3 is 11.9 Å². The zero-order chi connectivity index (χ0) is 27.8. The zero-order valence-electron chi connectivity index (χ0n) is 21.8. The first-order valence-corrected chi connectivity index (χ1v) is 13.0. The first-order chi connectivity index (χ1) is 18.0. The van der Waals surface area contributed by atoms with Gasteiger partial charge in [0, 0.05) is 23.3 Å². The lowest BCUT2D eigenvalue weighted by atomic mass is 9.78. The Hall–Kier alpha value is -2.06. The van der Waals surface area contributed by atoms with Gasteiger partial charge < -0.3 is 49.2 Å². The largest absolute Gasteiger partial charge is 0.468 e. The predicted octanol–water partition coefficient (Wildman–Crippen LogP) is -0.491. The summed E-state index contributed by atoms with van der Waals surface area (Å²) < 4.78 is 28.0. The Balaban J connectivity index is 1.57. The van der Waals surface area contributed by atoms with Crippen LogP contribution >= 0.6 is 0 Å². The van der Waals surface area contributed by atoms with Gasteiger partial charge in [-0.15, -0.1) is 0 Å². The van der Waals surface area contributed by atoms with Crippen LogP contribution in [0.4, 0.5) is 0 Å². The Morgan fingerprint density at radius 2 is 1.84 bits per heavy atom. The number of hydrogen-bond donors (Lipinski definition) is 5. The van der Waals surface area contributed by atoms with Crippen molar-refractivity contribution in [3.63, 3.8) is 0 Å². The number of hydrogen-bond acceptors (Lipinski definition) is 12. The monoisotopic (exact) mass is 542 g/mol. The Kier molecular flexibility index (Phi) is 8.82. The number of cyclic esters (lactones) is 2. The zero-order valence-corrected chi connectivity index (χ0v) is 21.8. The van der Waals surface area contributed by atoms with Gasteiger partial charge in [0.15, 0.2) is 6.29 Å². The molecule has 214 valence electrons. The van der Waals surface area contributed by atoms with Crippen molar-refractivity contribution < 1.29 is 58.8 Å². The first-order valence-electron chi connectivity index (χ1n) is 13.0. The molecule has 3 aliphatic heterocycles. The summed E-state index contributed by atoms with van der Waals surface area (Å²) in [5, 5.41) is 51.3. The number of allylic oxidation sites excluding steroid dienone is 1. The van der Waals surface area contributed by atoms with E-state index in [4.69, 9.17) is 23.7 Å². The second-order valence-electron chi connectivity index (χ2n) is 10.7. The molecule has 12 heteroatoms. The standard InChI is InChI=1S/C26H38O12/c1-4-14-15-7-19(28)34-11-17-12(2)5-6-26(17,33)13(3)9-35-23(32)16(15)10-36-24(14)38-25-22(31)21(30)20(29)18(8-27)37-25/h4,10,12-13,15,17-18,20-22,24-25,27,29-31,33H,5-9,11H2,1-3H3/b14-4-.